The van der Waals surface area contributed by atoms with E-state index in [0.717, 1.165) is 19.5 Å². The van der Waals surface area contributed by atoms with Crippen LogP contribution in [0.15, 0.2) is 0 Å². The number of likely N-dealkylation sites (tertiary alicyclic amines) is 1. The Hall–Kier alpha value is -0.610. The van der Waals surface area contributed by atoms with Crippen molar-refractivity contribution in [3.8, 4) is 0 Å². The summed E-state index contributed by atoms with van der Waals surface area (Å²) < 4.78 is 0. The Morgan fingerprint density at radius 2 is 2.14 bits per heavy atom. The molecule has 4 N–H and O–H groups in total. The van der Waals surface area contributed by atoms with Crippen LogP contribution >= 0.6 is 0 Å². The van der Waals surface area contributed by atoms with E-state index in [2.05, 4.69) is 18.7 Å². The van der Waals surface area contributed by atoms with Gasteiger partial charge in [-0.1, -0.05) is 0 Å². The Kier molecular flexibility index (Phi) is 2.88. The van der Waals surface area contributed by atoms with Crippen molar-refractivity contribution in [2.75, 3.05) is 19.6 Å². The highest BCUT2D eigenvalue weighted by molar-refractivity contribution is 5.81. The summed E-state index contributed by atoms with van der Waals surface area (Å²) in [5, 5.41) is 0. The molecule has 1 atom stereocenters. The first-order valence-electron chi connectivity index (χ1n) is 5.07. The summed E-state index contributed by atoms with van der Waals surface area (Å²) in [4.78, 5) is 13.5. The van der Waals surface area contributed by atoms with Crippen molar-refractivity contribution in [1.29, 1.82) is 0 Å². The zero-order valence-electron chi connectivity index (χ0n) is 9.34. The lowest BCUT2D eigenvalue weighted by atomic mass is 9.89. The summed E-state index contributed by atoms with van der Waals surface area (Å²) in [7, 11) is 0. The normalized spacial score (nSPS) is 29.4. The smallest absolute Gasteiger partial charge is 0.224 e. The predicted octanol–water partition coefficient (Wildman–Crippen LogP) is -0.0790. The molecule has 1 saturated heterocycles. The lowest BCUT2D eigenvalue weighted by Gasteiger charge is -2.35. The number of amides is 1. The molecule has 1 aliphatic heterocycles. The minimum atomic E-state index is -0.369. The van der Waals surface area contributed by atoms with Gasteiger partial charge in [-0.05, 0) is 33.7 Å². The highest BCUT2D eigenvalue weighted by atomic mass is 16.1. The van der Waals surface area contributed by atoms with E-state index in [4.69, 9.17) is 11.5 Å². The van der Waals surface area contributed by atoms with Crippen LogP contribution in [0.25, 0.3) is 0 Å². The molecule has 14 heavy (non-hydrogen) atoms. The van der Waals surface area contributed by atoms with Crippen molar-refractivity contribution in [2.45, 2.75) is 32.7 Å². The van der Waals surface area contributed by atoms with Crippen LogP contribution in [-0.4, -0.2) is 36.0 Å². The van der Waals surface area contributed by atoms with E-state index in [0.29, 0.717) is 6.54 Å². The molecule has 1 heterocycles. The number of carbonyl (C=O) groups excluding carboxylic acids is 1. The van der Waals surface area contributed by atoms with Crippen LogP contribution in [0.2, 0.25) is 0 Å². The van der Waals surface area contributed by atoms with Gasteiger partial charge in [-0.25, -0.2) is 0 Å². The molecular weight excluding hydrogens is 178 g/mol. The molecule has 0 radical (unpaired) electrons. The van der Waals surface area contributed by atoms with Crippen LogP contribution in [0.1, 0.15) is 27.2 Å². The topological polar surface area (TPSA) is 72.4 Å². The molecule has 4 nitrogen and oxygen atoms in total. The second kappa shape index (κ2) is 3.51. The monoisotopic (exact) mass is 199 g/mol. The zero-order chi connectivity index (χ0) is 11.0. The largest absolute Gasteiger partial charge is 0.369 e. The molecule has 1 rings (SSSR count). The van der Waals surface area contributed by atoms with Crippen LogP contribution in [-0.2, 0) is 4.79 Å². The molecule has 82 valence electrons. The third-order valence-electron chi connectivity index (χ3n) is 3.42. The van der Waals surface area contributed by atoms with Crippen molar-refractivity contribution in [2.24, 2.45) is 16.9 Å². The van der Waals surface area contributed by atoms with Gasteiger partial charge >= 0.3 is 0 Å². The summed E-state index contributed by atoms with van der Waals surface area (Å²) >= 11 is 0. The molecule has 0 aromatic heterocycles. The van der Waals surface area contributed by atoms with Crippen molar-refractivity contribution >= 4 is 5.91 Å². The maximum absolute atomic E-state index is 11.2. The van der Waals surface area contributed by atoms with Crippen LogP contribution in [0.4, 0.5) is 0 Å². The number of hydrogen-bond acceptors (Lipinski definition) is 3. The molecule has 0 saturated carbocycles. The lowest BCUT2D eigenvalue weighted by Crippen LogP contribution is -2.49. The van der Waals surface area contributed by atoms with E-state index in [9.17, 15) is 4.79 Å². The quantitative estimate of drug-likeness (QED) is 0.668. The first-order valence-corrected chi connectivity index (χ1v) is 5.07. The summed E-state index contributed by atoms with van der Waals surface area (Å²) in [6.45, 7) is 8.36. The van der Waals surface area contributed by atoms with Crippen molar-refractivity contribution in [3.05, 3.63) is 0 Å². The number of rotatable bonds is 3. The molecule has 4 heteroatoms. The minimum absolute atomic E-state index is 0.0345. The fourth-order valence-corrected chi connectivity index (χ4v) is 1.81. The highest BCUT2D eigenvalue weighted by Crippen LogP contribution is 2.33. The van der Waals surface area contributed by atoms with Crippen LogP contribution in [0, 0.1) is 5.41 Å². The van der Waals surface area contributed by atoms with E-state index < -0.39 is 0 Å². The van der Waals surface area contributed by atoms with Gasteiger partial charge in [0.15, 0.2) is 0 Å². The van der Waals surface area contributed by atoms with E-state index in [1.807, 2.05) is 6.92 Å². The van der Waals surface area contributed by atoms with Gasteiger partial charge in [-0.15, -0.1) is 0 Å². The Morgan fingerprint density at radius 3 is 2.50 bits per heavy atom. The molecule has 1 unspecified atom stereocenters. The molecule has 0 aromatic rings. The lowest BCUT2D eigenvalue weighted by molar-refractivity contribution is -0.126. The second-order valence-corrected chi connectivity index (χ2v) is 5.11. The van der Waals surface area contributed by atoms with Gasteiger partial charge in [0, 0.05) is 18.6 Å². The Labute approximate surface area is 85.6 Å². The van der Waals surface area contributed by atoms with Gasteiger partial charge in [0.25, 0.3) is 0 Å². The van der Waals surface area contributed by atoms with Gasteiger partial charge in [0.05, 0.1) is 5.41 Å². The Morgan fingerprint density at radius 1 is 1.57 bits per heavy atom. The average Bonchev–Trinajstić information content (AvgIpc) is 2.50. The molecule has 0 aliphatic carbocycles. The van der Waals surface area contributed by atoms with Crippen molar-refractivity contribution < 1.29 is 4.79 Å². The molecule has 1 fully saturated rings. The predicted molar refractivity (Wildman–Crippen MR) is 56.6 cm³/mol. The molecular formula is C10H21N3O. The standard InChI is InChI=1S/C10H21N3O/c1-9(2,6-11)13-5-4-10(3,7-13)8(12)14/h4-7,11H2,1-3H3,(H2,12,14). The first kappa shape index (κ1) is 11.5. The number of primary amides is 1. The fourth-order valence-electron chi connectivity index (χ4n) is 1.81. The van der Waals surface area contributed by atoms with E-state index >= 15 is 0 Å². The Bertz CT molecular complexity index is 240. The van der Waals surface area contributed by atoms with Gasteiger partial charge in [-0.3, -0.25) is 9.69 Å². The molecule has 0 bridgehead atoms. The van der Waals surface area contributed by atoms with E-state index in [1.54, 1.807) is 0 Å². The van der Waals surface area contributed by atoms with Gasteiger partial charge in [0.1, 0.15) is 0 Å². The molecule has 0 aromatic carbocycles. The summed E-state index contributed by atoms with van der Waals surface area (Å²) in [6, 6.07) is 0. The second-order valence-electron chi connectivity index (χ2n) is 5.11. The summed E-state index contributed by atoms with van der Waals surface area (Å²) in [5.41, 5.74) is 10.7. The first-order chi connectivity index (χ1) is 6.32. The minimum Gasteiger partial charge on any atom is -0.369 e. The third-order valence-corrected chi connectivity index (χ3v) is 3.42. The van der Waals surface area contributed by atoms with Crippen molar-refractivity contribution in [1.82, 2.24) is 4.90 Å². The fraction of sp³-hybridized carbons (Fsp3) is 0.900. The van der Waals surface area contributed by atoms with Gasteiger partial charge in [-0.2, -0.15) is 0 Å². The average molecular weight is 199 g/mol. The summed E-state index contributed by atoms with van der Waals surface area (Å²) in [6.07, 6.45) is 0.839. The highest BCUT2D eigenvalue weighted by Gasteiger charge is 2.42. The third kappa shape index (κ3) is 1.91. The number of carbonyl (C=O) groups is 1. The Balaban J connectivity index is 2.70. The van der Waals surface area contributed by atoms with E-state index in [1.165, 1.54) is 0 Å². The maximum Gasteiger partial charge on any atom is 0.224 e. The maximum atomic E-state index is 11.2. The molecule has 1 aliphatic rings. The van der Waals surface area contributed by atoms with Crippen LogP contribution in [0.3, 0.4) is 0 Å². The zero-order valence-corrected chi connectivity index (χ0v) is 9.34. The summed E-state index contributed by atoms with van der Waals surface area (Å²) in [5.74, 6) is -0.201. The molecule has 1 amide bonds. The van der Waals surface area contributed by atoms with Crippen LogP contribution in [0.5, 0.6) is 0 Å². The number of hydrogen-bond donors (Lipinski definition) is 2. The van der Waals surface area contributed by atoms with Crippen LogP contribution < -0.4 is 11.5 Å². The number of nitrogens with two attached hydrogens (primary N) is 2. The molecule has 0 spiro atoms. The van der Waals surface area contributed by atoms with E-state index in [-0.39, 0.29) is 16.9 Å². The van der Waals surface area contributed by atoms with Gasteiger partial charge in [0.2, 0.25) is 5.91 Å². The van der Waals surface area contributed by atoms with Gasteiger partial charge < -0.3 is 11.5 Å². The SMILES string of the molecule is CC1(C(N)=O)CCN(C(C)(C)CN)C1. The number of nitrogens with zero attached hydrogens (tertiary/aromatic N) is 1. The van der Waals surface area contributed by atoms with Crippen molar-refractivity contribution in [3.63, 3.8) is 0 Å².